The Balaban J connectivity index is 2.07. The summed E-state index contributed by atoms with van der Waals surface area (Å²) in [6.07, 6.45) is 2.72. The van der Waals surface area contributed by atoms with E-state index in [0.29, 0.717) is 0 Å². The first-order valence-corrected chi connectivity index (χ1v) is 5.21. The van der Waals surface area contributed by atoms with E-state index in [4.69, 9.17) is 4.74 Å². The van der Waals surface area contributed by atoms with Crippen molar-refractivity contribution in [3.63, 3.8) is 0 Å². The predicted octanol–water partition coefficient (Wildman–Crippen LogP) is 0.564. The molecular weight excluding hydrogens is 164 g/mol. The van der Waals surface area contributed by atoms with E-state index in [1.807, 2.05) is 0 Å². The number of nitrogens with one attached hydrogen (secondary N) is 1. The molecule has 0 aliphatic carbocycles. The average Bonchev–Trinajstić information content (AvgIpc) is 2.16. The Morgan fingerprint density at radius 1 is 1.54 bits per heavy atom. The maximum atomic E-state index is 5.04. The second-order valence-electron chi connectivity index (χ2n) is 3.97. The van der Waals surface area contributed by atoms with Gasteiger partial charge in [-0.3, -0.25) is 0 Å². The summed E-state index contributed by atoms with van der Waals surface area (Å²) in [7, 11) is 3.93. The zero-order valence-corrected chi connectivity index (χ0v) is 8.88. The Morgan fingerprint density at radius 3 is 3.00 bits per heavy atom. The molecule has 1 aliphatic heterocycles. The van der Waals surface area contributed by atoms with E-state index in [2.05, 4.69) is 17.3 Å². The first kappa shape index (κ1) is 11.0. The molecule has 1 atom stereocenters. The minimum atomic E-state index is 0.843. The maximum absolute atomic E-state index is 5.04. The highest BCUT2D eigenvalue weighted by molar-refractivity contribution is 4.71. The molecule has 1 N–H and O–H groups in total. The fraction of sp³-hybridized carbons (Fsp3) is 1.00. The van der Waals surface area contributed by atoms with Gasteiger partial charge in [-0.1, -0.05) is 0 Å². The summed E-state index contributed by atoms with van der Waals surface area (Å²) in [5.41, 5.74) is 0. The molecule has 1 saturated heterocycles. The van der Waals surface area contributed by atoms with Crippen LogP contribution in [0.25, 0.3) is 0 Å². The fourth-order valence-electron chi connectivity index (χ4n) is 1.86. The molecule has 0 radical (unpaired) electrons. The van der Waals surface area contributed by atoms with Crippen LogP contribution in [0, 0.1) is 5.92 Å². The van der Waals surface area contributed by atoms with Crippen LogP contribution in [0.4, 0.5) is 0 Å². The van der Waals surface area contributed by atoms with E-state index < -0.39 is 0 Å². The van der Waals surface area contributed by atoms with Gasteiger partial charge in [0.2, 0.25) is 0 Å². The molecule has 3 heteroatoms. The van der Waals surface area contributed by atoms with Crippen LogP contribution in [0.5, 0.6) is 0 Å². The molecule has 1 aliphatic rings. The van der Waals surface area contributed by atoms with E-state index >= 15 is 0 Å². The Labute approximate surface area is 81.4 Å². The SMILES string of the molecule is COCCN(C)CC1CCCNC1. The maximum Gasteiger partial charge on any atom is 0.0589 e. The monoisotopic (exact) mass is 186 g/mol. The first-order chi connectivity index (χ1) is 6.33. The van der Waals surface area contributed by atoms with Crippen molar-refractivity contribution in [2.45, 2.75) is 12.8 Å². The van der Waals surface area contributed by atoms with Crippen molar-refractivity contribution in [3.8, 4) is 0 Å². The number of hydrogen-bond acceptors (Lipinski definition) is 3. The summed E-state index contributed by atoms with van der Waals surface area (Å²) in [5.74, 6) is 0.843. The van der Waals surface area contributed by atoms with Crippen molar-refractivity contribution >= 4 is 0 Å². The molecule has 3 nitrogen and oxygen atoms in total. The zero-order chi connectivity index (χ0) is 9.52. The number of piperidine rings is 1. The molecule has 1 fully saturated rings. The third kappa shape index (κ3) is 4.60. The number of methoxy groups -OCH3 is 1. The van der Waals surface area contributed by atoms with Crippen LogP contribution in [0.3, 0.4) is 0 Å². The van der Waals surface area contributed by atoms with Gasteiger partial charge in [-0.05, 0) is 38.9 Å². The highest BCUT2D eigenvalue weighted by Crippen LogP contribution is 2.10. The Bertz CT molecular complexity index is 124. The standard InChI is InChI=1S/C10H22N2O/c1-12(6-7-13-2)9-10-4-3-5-11-8-10/h10-11H,3-9H2,1-2H3. The molecule has 0 aromatic rings. The van der Waals surface area contributed by atoms with Crippen LogP contribution >= 0.6 is 0 Å². The quantitative estimate of drug-likeness (QED) is 0.679. The number of likely N-dealkylation sites (N-methyl/N-ethyl adjacent to an activating group) is 1. The topological polar surface area (TPSA) is 24.5 Å². The highest BCUT2D eigenvalue weighted by atomic mass is 16.5. The summed E-state index contributed by atoms with van der Waals surface area (Å²) in [5, 5.41) is 3.44. The second-order valence-corrected chi connectivity index (χ2v) is 3.97. The van der Waals surface area contributed by atoms with Crippen LogP contribution in [-0.4, -0.2) is 51.8 Å². The largest absolute Gasteiger partial charge is 0.383 e. The molecule has 1 heterocycles. The summed E-state index contributed by atoms with van der Waals surface area (Å²) in [6.45, 7) is 5.50. The molecule has 1 rings (SSSR count). The molecule has 0 bridgehead atoms. The lowest BCUT2D eigenvalue weighted by atomic mass is 9.99. The Morgan fingerprint density at radius 2 is 2.38 bits per heavy atom. The van der Waals surface area contributed by atoms with Crippen LogP contribution < -0.4 is 5.32 Å². The van der Waals surface area contributed by atoms with Gasteiger partial charge in [0.05, 0.1) is 6.61 Å². The molecule has 78 valence electrons. The van der Waals surface area contributed by atoms with Crippen LogP contribution in [0.1, 0.15) is 12.8 Å². The number of nitrogens with zero attached hydrogens (tertiary/aromatic N) is 1. The lowest BCUT2D eigenvalue weighted by molar-refractivity contribution is 0.147. The fourth-order valence-corrected chi connectivity index (χ4v) is 1.86. The van der Waals surface area contributed by atoms with Gasteiger partial charge < -0.3 is 15.0 Å². The number of hydrogen-bond donors (Lipinski definition) is 1. The zero-order valence-electron chi connectivity index (χ0n) is 8.88. The van der Waals surface area contributed by atoms with Crippen LogP contribution in [-0.2, 0) is 4.74 Å². The first-order valence-electron chi connectivity index (χ1n) is 5.21. The summed E-state index contributed by atoms with van der Waals surface area (Å²) in [4.78, 5) is 2.36. The van der Waals surface area contributed by atoms with Crippen molar-refractivity contribution in [1.29, 1.82) is 0 Å². The molecule has 0 aromatic heterocycles. The van der Waals surface area contributed by atoms with Crippen molar-refractivity contribution in [2.24, 2.45) is 5.92 Å². The van der Waals surface area contributed by atoms with Crippen molar-refractivity contribution < 1.29 is 4.74 Å². The molecular formula is C10H22N2O. The third-order valence-corrected chi connectivity index (χ3v) is 2.65. The predicted molar refractivity (Wildman–Crippen MR) is 55.0 cm³/mol. The van der Waals surface area contributed by atoms with E-state index in [1.165, 1.54) is 32.5 Å². The smallest absolute Gasteiger partial charge is 0.0589 e. The Kier molecular flexibility index (Phi) is 5.35. The Hall–Kier alpha value is -0.120. The molecule has 0 aromatic carbocycles. The summed E-state index contributed by atoms with van der Waals surface area (Å²) in [6, 6.07) is 0. The van der Waals surface area contributed by atoms with Gasteiger partial charge in [0, 0.05) is 20.2 Å². The molecule has 0 saturated carbocycles. The van der Waals surface area contributed by atoms with Crippen molar-refractivity contribution in [2.75, 3.05) is 46.9 Å². The molecule has 0 amide bonds. The van der Waals surface area contributed by atoms with E-state index in [1.54, 1.807) is 7.11 Å². The van der Waals surface area contributed by atoms with Gasteiger partial charge in [-0.2, -0.15) is 0 Å². The van der Waals surface area contributed by atoms with Crippen LogP contribution in [0.2, 0.25) is 0 Å². The van der Waals surface area contributed by atoms with E-state index in [0.717, 1.165) is 19.1 Å². The van der Waals surface area contributed by atoms with E-state index in [9.17, 15) is 0 Å². The minimum absolute atomic E-state index is 0.843. The number of ether oxygens (including phenoxy) is 1. The van der Waals surface area contributed by atoms with Crippen molar-refractivity contribution in [3.05, 3.63) is 0 Å². The van der Waals surface area contributed by atoms with Gasteiger partial charge in [0.15, 0.2) is 0 Å². The van der Waals surface area contributed by atoms with Gasteiger partial charge in [-0.15, -0.1) is 0 Å². The van der Waals surface area contributed by atoms with Crippen LogP contribution in [0.15, 0.2) is 0 Å². The van der Waals surface area contributed by atoms with E-state index in [-0.39, 0.29) is 0 Å². The highest BCUT2D eigenvalue weighted by Gasteiger charge is 2.14. The molecule has 0 spiro atoms. The minimum Gasteiger partial charge on any atom is -0.383 e. The number of rotatable bonds is 5. The average molecular weight is 186 g/mol. The lowest BCUT2D eigenvalue weighted by Gasteiger charge is -2.27. The van der Waals surface area contributed by atoms with Gasteiger partial charge in [0.25, 0.3) is 0 Å². The van der Waals surface area contributed by atoms with Gasteiger partial charge >= 0.3 is 0 Å². The van der Waals surface area contributed by atoms with Crippen molar-refractivity contribution in [1.82, 2.24) is 10.2 Å². The lowest BCUT2D eigenvalue weighted by Crippen LogP contribution is -2.37. The molecule has 1 unspecified atom stereocenters. The third-order valence-electron chi connectivity index (χ3n) is 2.65. The summed E-state index contributed by atoms with van der Waals surface area (Å²) < 4.78 is 5.04. The van der Waals surface area contributed by atoms with Gasteiger partial charge in [0.1, 0.15) is 0 Å². The summed E-state index contributed by atoms with van der Waals surface area (Å²) >= 11 is 0. The van der Waals surface area contributed by atoms with Gasteiger partial charge in [-0.25, -0.2) is 0 Å². The normalized spacial score (nSPS) is 23.8. The molecule has 13 heavy (non-hydrogen) atoms. The second kappa shape index (κ2) is 6.35.